The molecule has 19 heavy (non-hydrogen) atoms. The van der Waals surface area contributed by atoms with Gasteiger partial charge in [0.15, 0.2) is 0 Å². The van der Waals surface area contributed by atoms with Gasteiger partial charge >= 0.3 is 6.03 Å². The third kappa shape index (κ3) is 3.24. The Morgan fingerprint density at radius 1 is 1.26 bits per heavy atom. The third-order valence-corrected chi connectivity index (χ3v) is 3.27. The highest BCUT2D eigenvalue weighted by atomic mass is 16.2. The molecule has 1 aliphatic rings. The average Bonchev–Trinajstić information content (AvgIpc) is 2.51. The molecule has 1 aliphatic heterocycles. The highest BCUT2D eigenvalue weighted by molar-refractivity contribution is 6.09. The minimum Gasteiger partial charge on any atom is -0.350 e. The van der Waals surface area contributed by atoms with Gasteiger partial charge in [0, 0.05) is 5.54 Å². The Bertz CT molecular complexity index is 394. The molecule has 1 heterocycles. The number of hydrogen-bond donors (Lipinski definition) is 2. The van der Waals surface area contributed by atoms with E-state index < -0.39 is 11.6 Å². The van der Waals surface area contributed by atoms with Crippen LogP contribution in [-0.2, 0) is 9.59 Å². The topological polar surface area (TPSA) is 78.5 Å². The van der Waals surface area contributed by atoms with Crippen LogP contribution in [0, 0.1) is 0 Å². The SMILES string of the molecule is CCC1(CC)NC(=O)N(CC(=O)NC(C)(C)C)C1=O. The van der Waals surface area contributed by atoms with Crippen LogP contribution in [0.3, 0.4) is 0 Å². The summed E-state index contributed by atoms with van der Waals surface area (Å²) in [4.78, 5) is 36.9. The van der Waals surface area contributed by atoms with Crippen molar-refractivity contribution < 1.29 is 14.4 Å². The molecule has 0 spiro atoms. The molecule has 0 aromatic heterocycles. The lowest BCUT2D eigenvalue weighted by Gasteiger charge is -2.24. The van der Waals surface area contributed by atoms with E-state index in [4.69, 9.17) is 0 Å². The molecule has 1 saturated heterocycles. The predicted molar refractivity (Wildman–Crippen MR) is 71.5 cm³/mol. The van der Waals surface area contributed by atoms with Crippen molar-refractivity contribution in [1.82, 2.24) is 15.5 Å². The summed E-state index contributed by atoms with van der Waals surface area (Å²) in [5.41, 5.74) is -1.23. The Morgan fingerprint density at radius 3 is 2.16 bits per heavy atom. The number of hydrogen-bond acceptors (Lipinski definition) is 3. The van der Waals surface area contributed by atoms with Crippen molar-refractivity contribution in [2.75, 3.05) is 6.54 Å². The van der Waals surface area contributed by atoms with Gasteiger partial charge in [0.1, 0.15) is 12.1 Å². The van der Waals surface area contributed by atoms with Gasteiger partial charge in [0.25, 0.3) is 5.91 Å². The molecule has 0 saturated carbocycles. The van der Waals surface area contributed by atoms with Crippen LogP contribution < -0.4 is 10.6 Å². The maximum absolute atomic E-state index is 12.3. The Balaban J connectivity index is 2.78. The molecule has 6 nitrogen and oxygen atoms in total. The lowest BCUT2D eigenvalue weighted by atomic mass is 9.93. The lowest BCUT2D eigenvalue weighted by molar-refractivity contribution is -0.135. The fourth-order valence-corrected chi connectivity index (χ4v) is 2.15. The van der Waals surface area contributed by atoms with E-state index in [-0.39, 0.29) is 23.9 Å². The molecule has 1 fully saturated rings. The summed E-state index contributed by atoms with van der Waals surface area (Å²) >= 11 is 0. The van der Waals surface area contributed by atoms with E-state index >= 15 is 0 Å². The van der Waals surface area contributed by atoms with Gasteiger partial charge in [-0.1, -0.05) is 13.8 Å². The van der Waals surface area contributed by atoms with Crippen molar-refractivity contribution in [3.63, 3.8) is 0 Å². The van der Waals surface area contributed by atoms with Gasteiger partial charge in [-0.3, -0.25) is 14.5 Å². The Labute approximate surface area is 113 Å². The van der Waals surface area contributed by atoms with E-state index in [1.165, 1.54) is 0 Å². The summed E-state index contributed by atoms with van der Waals surface area (Å²) in [5.74, 6) is -0.648. The van der Waals surface area contributed by atoms with Gasteiger partial charge in [-0.05, 0) is 33.6 Å². The number of rotatable bonds is 4. The van der Waals surface area contributed by atoms with Crippen molar-refractivity contribution in [3.8, 4) is 0 Å². The first-order valence-electron chi connectivity index (χ1n) is 6.60. The Hall–Kier alpha value is -1.59. The second-order valence-electron chi connectivity index (χ2n) is 5.91. The summed E-state index contributed by atoms with van der Waals surface area (Å²) in [6.07, 6.45) is 1.04. The highest BCUT2D eigenvalue weighted by Crippen LogP contribution is 2.24. The number of imide groups is 1. The van der Waals surface area contributed by atoms with Crippen LogP contribution in [0.1, 0.15) is 47.5 Å². The fraction of sp³-hybridized carbons (Fsp3) is 0.769. The number of carbonyl (C=O) groups is 3. The van der Waals surface area contributed by atoms with Crippen LogP contribution in [0.2, 0.25) is 0 Å². The first-order chi connectivity index (χ1) is 8.65. The van der Waals surface area contributed by atoms with Crippen LogP contribution in [0.25, 0.3) is 0 Å². The molecular weight excluding hydrogens is 246 g/mol. The van der Waals surface area contributed by atoms with Gasteiger partial charge in [-0.25, -0.2) is 4.79 Å². The second kappa shape index (κ2) is 5.19. The number of nitrogens with zero attached hydrogens (tertiary/aromatic N) is 1. The zero-order valence-corrected chi connectivity index (χ0v) is 12.3. The zero-order chi connectivity index (χ0) is 14.8. The molecule has 108 valence electrons. The van der Waals surface area contributed by atoms with E-state index in [2.05, 4.69) is 10.6 Å². The van der Waals surface area contributed by atoms with E-state index in [9.17, 15) is 14.4 Å². The van der Waals surface area contributed by atoms with Gasteiger partial charge < -0.3 is 10.6 Å². The fourth-order valence-electron chi connectivity index (χ4n) is 2.15. The average molecular weight is 269 g/mol. The number of carbonyl (C=O) groups excluding carboxylic acids is 3. The zero-order valence-electron chi connectivity index (χ0n) is 12.3. The minimum atomic E-state index is -0.848. The predicted octanol–water partition coefficient (Wildman–Crippen LogP) is 1.01. The van der Waals surface area contributed by atoms with E-state index in [0.717, 1.165) is 4.90 Å². The Kier molecular flexibility index (Phi) is 4.22. The van der Waals surface area contributed by atoms with E-state index in [1.54, 1.807) is 0 Å². The molecule has 1 rings (SSSR count). The summed E-state index contributed by atoms with van der Waals surface area (Å²) < 4.78 is 0. The standard InChI is InChI=1S/C13H23N3O3/c1-6-13(7-2)10(18)16(11(19)15-13)8-9(17)14-12(3,4)5/h6-8H2,1-5H3,(H,14,17)(H,15,19). The molecule has 0 bridgehead atoms. The largest absolute Gasteiger partial charge is 0.350 e. The molecule has 0 aliphatic carbocycles. The van der Waals surface area contributed by atoms with E-state index in [0.29, 0.717) is 12.8 Å². The van der Waals surface area contributed by atoms with Gasteiger partial charge in [0.2, 0.25) is 5.91 Å². The molecular formula is C13H23N3O3. The quantitative estimate of drug-likeness (QED) is 0.748. The lowest BCUT2D eigenvalue weighted by Crippen LogP contribution is -2.49. The molecule has 0 radical (unpaired) electrons. The third-order valence-electron chi connectivity index (χ3n) is 3.27. The van der Waals surface area contributed by atoms with E-state index in [1.807, 2.05) is 34.6 Å². The van der Waals surface area contributed by atoms with Crippen LogP contribution >= 0.6 is 0 Å². The summed E-state index contributed by atoms with van der Waals surface area (Å²) in [7, 11) is 0. The van der Waals surface area contributed by atoms with Crippen molar-refractivity contribution in [1.29, 1.82) is 0 Å². The summed E-state index contributed by atoms with van der Waals surface area (Å²) in [5, 5.41) is 5.43. The molecule has 0 atom stereocenters. The van der Waals surface area contributed by atoms with Gasteiger partial charge in [-0.15, -0.1) is 0 Å². The highest BCUT2D eigenvalue weighted by Gasteiger charge is 2.49. The first-order valence-corrected chi connectivity index (χ1v) is 6.60. The first kappa shape index (κ1) is 15.5. The maximum Gasteiger partial charge on any atom is 0.325 e. The van der Waals surface area contributed by atoms with Crippen molar-refractivity contribution >= 4 is 17.8 Å². The monoisotopic (exact) mass is 269 g/mol. The molecule has 0 aromatic rings. The molecule has 0 aromatic carbocycles. The van der Waals surface area contributed by atoms with Gasteiger partial charge in [-0.2, -0.15) is 0 Å². The Morgan fingerprint density at radius 2 is 1.79 bits per heavy atom. The normalized spacial score (nSPS) is 18.5. The molecule has 0 unspecified atom stereocenters. The smallest absolute Gasteiger partial charge is 0.325 e. The number of urea groups is 1. The summed E-state index contributed by atoms with van der Waals surface area (Å²) in [6, 6.07) is -0.488. The number of nitrogens with one attached hydrogen (secondary N) is 2. The molecule has 4 amide bonds. The summed E-state index contributed by atoms with van der Waals surface area (Å²) in [6.45, 7) is 9.00. The second-order valence-corrected chi connectivity index (χ2v) is 5.91. The van der Waals surface area contributed by atoms with Crippen molar-refractivity contribution in [3.05, 3.63) is 0 Å². The van der Waals surface area contributed by atoms with Gasteiger partial charge in [0.05, 0.1) is 0 Å². The van der Waals surface area contributed by atoms with Crippen molar-refractivity contribution in [2.45, 2.75) is 58.5 Å². The van der Waals surface area contributed by atoms with Crippen LogP contribution in [0.5, 0.6) is 0 Å². The number of amides is 4. The van der Waals surface area contributed by atoms with Crippen molar-refractivity contribution in [2.24, 2.45) is 0 Å². The molecule has 6 heteroatoms. The minimum absolute atomic E-state index is 0.232. The maximum atomic E-state index is 12.3. The van der Waals surface area contributed by atoms with Crippen LogP contribution in [0.4, 0.5) is 4.79 Å². The van der Waals surface area contributed by atoms with Crippen LogP contribution in [-0.4, -0.2) is 40.4 Å². The molecule has 2 N–H and O–H groups in total. The van der Waals surface area contributed by atoms with Crippen LogP contribution in [0.15, 0.2) is 0 Å².